The molecule has 0 radical (unpaired) electrons. The highest BCUT2D eigenvalue weighted by Gasteiger charge is 2.28. The number of nitrogens with one attached hydrogen (secondary N) is 1. The van der Waals surface area contributed by atoms with Gasteiger partial charge in [-0.1, -0.05) is 13.8 Å². The Morgan fingerprint density at radius 1 is 1.19 bits per heavy atom. The van der Waals surface area contributed by atoms with Crippen molar-refractivity contribution in [1.82, 2.24) is 34.0 Å². The van der Waals surface area contributed by atoms with Crippen molar-refractivity contribution >= 4 is 22.8 Å². The molecule has 0 unspecified atom stereocenters. The Balaban J connectivity index is 1.44. The number of halogens is 2. The van der Waals surface area contributed by atoms with E-state index in [1.54, 1.807) is 10.6 Å². The van der Waals surface area contributed by atoms with Gasteiger partial charge in [-0.2, -0.15) is 10.2 Å². The lowest BCUT2D eigenvalue weighted by atomic mass is 10.2. The highest BCUT2D eigenvalue weighted by Crippen LogP contribution is 2.39. The van der Waals surface area contributed by atoms with Crippen molar-refractivity contribution in [2.45, 2.75) is 51.5 Å². The number of nitrogens with zero attached hydrogens (tertiary/aromatic N) is 7. The molecule has 10 nitrogen and oxygen atoms in total. The van der Waals surface area contributed by atoms with Crippen LogP contribution in [-0.4, -0.2) is 39.9 Å². The van der Waals surface area contributed by atoms with Gasteiger partial charge in [0, 0.05) is 18.0 Å². The first-order valence-electron chi connectivity index (χ1n) is 10.2. The highest BCUT2D eigenvalue weighted by molar-refractivity contribution is 5.90. The zero-order valence-corrected chi connectivity index (χ0v) is 17.4. The van der Waals surface area contributed by atoms with E-state index < -0.39 is 23.7 Å². The largest absolute Gasteiger partial charge is 0.323 e. The van der Waals surface area contributed by atoms with E-state index in [0.29, 0.717) is 17.3 Å². The summed E-state index contributed by atoms with van der Waals surface area (Å²) in [5.41, 5.74) is 1.33. The first-order valence-corrected chi connectivity index (χ1v) is 10.2. The molecule has 1 fully saturated rings. The van der Waals surface area contributed by atoms with Crippen LogP contribution in [0.15, 0.2) is 29.2 Å². The number of carbonyl (C=O) groups is 1. The van der Waals surface area contributed by atoms with Crippen LogP contribution < -0.4 is 10.9 Å². The quantitative estimate of drug-likeness (QED) is 0.491. The van der Waals surface area contributed by atoms with E-state index in [2.05, 4.69) is 25.7 Å². The van der Waals surface area contributed by atoms with E-state index in [1.807, 2.05) is 13.8 Å². The maximum Gasteiger partial charge on any atom is 0.297 e. The molecule has 0 aromatic carbocycles. The summed E-state index contributed by atoms with van der Waals surface area (Å²) in [6.07, 6.45) is 0.604. The summed E-state index contributed by atoms with van der Waals surface area (Å²) in [4.78, 5) is 25.6. The monoisotopic (exact) mass is 442 g/mol. The summed E-state index contributed by atoms with van der Waals surface area (Å²) in [7, 11) is 0. The van der Waals surface area contributed by atoms with Crippen LogP contribution in [0.1, 0.15) is 62.3 Å². The molecule has 1 aliphatic carbocycles. The fraction of sp³-hybridized carbons (Fsp3) is 0.400. The number of hydrogen-bond acceptors (Lipinski definition) is 6. The van der Waals surface area contributed by atoms with Crippen LogP contribution >= 0.6 is 0 Å². The van der Waals surface area contributed by atoms with Gasteiger partial charge in [-0.25, -0.2) is 18.0 Å². The minimum atomic E-state index is -2.81. The van der Waals surface area contributed by atoms with E-state index in [0.717, 1.165) is 27.6 Å². The van der Waals surface area contributed by atoms with E-state index in [4.69, 9.17) is 0 Å². The van der Waals surface area contributed by atoms with E-state index in [1.165, 1.54) is 18.3 Å². The van der Waals surface area contributed by atoms with Crippen molar-refractivity contribution in [3.8, 4) is 0 Å². The molecule has 166 valence electrons. The Morgan fingerprint density at radius 2 is 1.97 bits per heavy atom. The molecule has 4 heterocycles. The SMILES string of the molecule is CC(C)c1nn(CC(=O)Nc2ccc3nnc(C(F)F)n3c2)c(=O)c2cc(C3CC3)nn12. The second kappa shape index (κ2) is 7.46. The zero-order valence-electron chi connectivity index (χ0n) is 17.4. The molecule has 5 rings (SSSR count). The molecule has 4 aromatic rings. The molecule has 0 atom stereocenters. The molecule has 0 spiro atoms. The Hall–Kier alpha value is -3.70. The van der Waals surface area contributed by atoms with Gasteiger partial charge in [0.1, 0.15) is 12.1 Å². The molecule has 0 bridgehead atoms. The molecule has 32 heavy (non-hydrogen) atoms. The maximum absolute atomic E-state index is 13.1. The summed E-state index contributed by atoms with van der Waals surface area (Å²) in [5, 5.41) is 18.7. The topological polar surface area (TPSA) is 111 Å². The number of carbonyl (C=O) groups excluding carboxylic acids is 1. The second-order valence-corrected chi connectivity index (χ2v) is 8.17. The van der Waals surface area contributed by atoms with Gasteiger partial charge in [-0.15, -0.1) is 10.2 Å². The smallest absolute Gasteiger partial charge is 0.297 e. The summed E-state index contributed by atoms with van der Waals surface area (Å²) in [6, 6.07) is 4.76. The van der Waals surface area contributed by atoms with Crippen LogP contribution in [0.3, 0.4) is 0 Å². The van der Waals surface area contributed by atoms with Crippen LogP contribution in [-0.2, 0) is 11.3 Å². The highest BCUT2D eigenvalue weighted by atomic mass is 19.3. The number of amides is 1. The molecule has 1 aliphatic rings. The van der Waals surface area contributed by atoms with Crippen LogP contribution in [0.5, 0.6) is 0 Å². The van der Waals surface area contributed by atoms with Crippen molar-refractivity contribution in [2.75, 3.05) is 5.32 Å². The van der Waals surface area contributed by atoms with Gasteiger partial charge in [-0.05, 0) is 31.0 Å². The van der Waals surface area contributed by atoms with Crippen LogP contribution in [0, 0.1) is 0 Å². The van der Waals surface area contributed by atoms with Crippen molar-refractivity contribution in [2.24, 2.45) is 0 Å². The van der Waals surface area contributed by atoms with E-state index >= 15 is 0 Å². The number of anilines is 1. The molecule has 1 amide bonds. The van der Waals surface area contributed by atoms with Crippen molar-refractivity contribution in [1.29, 1.82) is 0 Å². The average Bonchev–Trinajstić information content (AvgIpc) is 3.35. The van der Waals surface area contributed by atoms with E-state index in [-0.39, 0.29) is 23.8 Å². The summed E-state index contributed by atoms with van der Waals surface area (Å²) in [5.74, 6) is -0.119. The van der Waals surface area contributed by atoms with Gasteiger partial charge in [0.05, 0.1) is 11.4 Å². The minimum absolute atomic E-state index is 0.0247. The molecule has 0 saturated heterocycles. The molecule has 1 N–H and O–H groups in total. The second-order valence-electron chi connectivity index (χ2n) is 8.17. The number of alkyl halides is 2. The maximum atomic E-state index is 13.1. The number of hydrogen-bond donors (Lipinski definition) is 1. The lowest BCUT2D eigenvalue weighted by Gasteiger charge is -2.12. The average molecular weight is 442 g/mol. The van der Waals surface area contributed by atoms with Crippen LogP contribution in [0.2, 0.25) is 0 Å². The van der Waals surface area contributed by atoms with Crippen LogP contribution in [0.4, 0.5) is 14.5 Å². The molecule has 1 saturated carbocycles. The predicted octanol–water partition coefficient (Wildman–Crippen LogP) is 2.51. The lowest BCUT2D eigenvalue weighted by Crippen LogP contribution is -2.32. The summed E-state index contributed by atoms with van der Waals surface area (Å²) in [6.45, 7) is 3.54. The van der Waals surface area contributed by atoms with Gasteiger partial charge >= 0.3 is 0 Å². The van der Waals surface area contributed by atoms with Crippen molar-refractivity contribution < 1.29 is 13.6 Å². The van der Waals surface area contributed by atoms with Crippen molar-refractivity contribution in [3.63, 3.8) is 0 Å². The van der Waals surface area contributed by atoms with Gasteiger partial charge in [0.15, 0.2) is 11.5 Å². The normalized spacial score (nSPS) is 14.2. The van der Waals surface area contributed by atoms with Gasteiger partial charge in [-0.3, -0.25) is 14.0 Å². The number of rotatable bonds is 6. The fourth-order valence-electron chi connectivity index (χ4n) is 3.58. The standard InChI is InChI=1S/C20H20F2N8O2/c1-10(2)18-27-29(20(32)14-7-13(11-3-4-11)26-30(14)18)9-16(31)23-12-5-6-15-24-25-19(17(21)22)28(15)8-12/h5-8,10-11,17H,3-4,9H2,1-2H3,(H,23,31). The minimum Gasteiger partial charge on any atom is -0.323 e. The summed E-state index contributed by atoms with van der Waals surface area (Å²) >= 11 is 0. The number of aromatic nitrogens is 7. The zero-order chi connectivity index (χ0) is 22.6. The van der Waals surface area contributed by atoms with Gasteiger partial charge < -0.3 is 5.32 Å². The van der Waals surface area contributed by atoms with Gasteiger partial charge in [0.25, 0.3) is 12.0 Å². The third-order valence-electron chi connectivity index (χ3n) is 5.34. The van der Waals surface area contributed by atoms with Gasteiger partial charge in [0.2, 0.25) is 11.7 Å². The fourth-order valence-corrected chi connectivity index (χ4v) is 3.58. The Kier molecular flexibility index (Phi) is 4.72. The third-order valence-corrected chi connectivity index (χ3v) is 5.34. The molecule has 4 aromatic heterocycles. The Labute approximate surface area is 179 Å². The molecule has 12 heteroatoms. The van der Waals surface area contributed by atoms with Crippen molar-refractivity contribution in [3.05, 3.63) is 52.1 Å². The Morgan fingerprint density at radius 3 is 2.66 bits per heavy atom. The lowest BCUT2D eigenvalue weighted by molar-refractivity contribution is -0.117. The number of fused-ring (bicyclic) bond motifs is 2. The molecular weight excluding hydrogens is 422 g/mol. The first-order chi connectivity index (χ1) is 15.3. The number of pyridine rings is 1. The molecular formula is C20H20F2N8O2. The van der Waals surface area contributed by atoms with E-state index in [9.17, 15) is 18.4 Å². The summed E-state index contributed by atoms with van der Waals surface area (Å²) < 4.78 is 29.9. The van der Waals surface area contributed by atoms with Crippen LogP contribution in [0.25, 0.3) is 11.2 Å². The molecule has 0 aliphatic heterocycles. The first kappa shape index (κ1) is 20.2. The third kappa shape index (κ3) is 3.51. The Bertz CT molecular complexity index is 1400. The predicted molar refractivity (Wildman–Crippen MR) is 110 cm³/mol.